The molecule has 1 saturated carbocycles. The minimum Gasteiger partial charge on any atom is -0.299 e. The van der Waals surface area contributed by atoms with Gasteiger partial charge in [0.2, 0.25) is 0 Å². The summed E-state index contributed by atoms with van der Waals surface area (Å²) in [5.41, 5.74) is 2.40. The third-order valence-electron chi connectivity index (χ3n) is 2.89. The zero-order chi connectivity index (χ0) is 10.1. The Labute approximate surface area is 92.6 Å². The van der Waals surface area contributed by atoms with E-state index in [9.17, 15) is 4.79 Å². The summed E-state index contributed by atoms with van der Waals surface area (Å²) in [6.45, 7) is 2.06. The zero-order valence-corrected chi connectivity index (χ0v) is 9.80. The van der Waals surface area contributed by atoms with Crippen LogP contribution in [0.5, 0.6) is 0 Å². The number of carbonyl (C=O) groups excluding carboxylic acids is 1. The maximum absolute atomic E-state index is 11.6. The Morgan fingerprint density at radius 3 is 2.79 bits per heavy atom. The van der Waals surface area contributed by atoms with Crippen LogP contribution >= 0.6 is 15.9 Å². The third-order valence-corrected chi connectivity index (χ3v) is 3.78. The molecule has 1 atom stereocenters. The Kier molecular flexibility index (Phi) is 2.73. The number of halogens is 1. The van der Waals surface area contributed by atoms with Gasteiger partial charge in [-0.1, -0.05) is 28.1 Å². The summed E-state index contributed by atoms with van der Waals surface area (Å²) in [5.74, 6) is 0.577. The summed E-state index contributed by atoms with van der Waals surface area (Å²) < 4.78 is 1.12. The first-order valence-corrected chi connectivity index (χ1v) is 5.76. The lowest BCUT2D eigenvalue weighted by Crippen LogP contribution is -2.04. The van der Waals surface area contributed by atoms with Gasteiger partial charge in [0.25, 0.3) is 0 Å². The summed E-state index contributed by atoms with van der Waals surface area (Å²) in [4.78, 5) is 11.6. The number of Topliss-reactive ketones (excluding diaryl/α,β-unsaturated/α-hetero) is 1. The van der Waals surface area contributed by atoms with E-state index in [1.165, 1.54) is 11.1 Å². The van der Waals surface area contributed by atoms with E-state index in [0.717, 1.165) is 23.7 Å². The number of ketones is 1. The van der Waals surface area contributed by atoms with Crippen molar-refractivity contribution in [2.75, 3.05) is 0 Å². The van der Waals surface area contributed by atoms with Crippen molar-refractivity contribution in [1.82, 2.24) is 0 Å². The van der Waals surface area contributed by atoms with Gasteiger partial charge in [-0.05, 0) is 37.0 Å². The molecule has 1 aromatic carbocycles. The van der Waals surface area contributed by atoms with Gasteiger partial charge in [-0.3, -0.25) is 4.79 Å². The minimum atomic E-state index is 0.168. The molecular formula is C12H13BrO. The average molecular weight is 253 g/mol. The van der Waals surface area contributed by atoms with Crippen LogP contribution in [-0.2, 0) is 4.79 Å². The summed E-state index contributed by atoms with van der Waals surface area (Å²) in [7, 11) is 0. The highest BCUT2D eigenvalue weighted by Gasteiger charge is 2.25. The molecule has 1 fully saturated rings. The molecule has 2 heteroatoms. The maximum atomic E-state index is 11.6. The summed E-state index contributed by atoms with van der Waals surface area (Å²) in [6.07, 6.45) is 2.85. The molecule has 1 aliphatic carbocycles. The molecule has 0 aliphatic heterocycles. The number of hydrogen-bond acceptors (Lipinski definition) is 1. The van der Waals surface area contributed by atoms with Gasteiger partial charge in [-0.25, -0.2) is 0 Å². The van der Waals surface area contributed by atoms with Crippen molar-refractivity contribution in [3.8, 4) is 0 Å². The highest BCUT2D eigenvalue weighted by atomic mass is 79.9. The van der Waals surface area contributed by atoms with E-state index in [4.69, 9.17) is 0 Å². The van der Waals surface area contributed by atoms with E-state index in [1.807, 2.05) is 6.07 Å². The molecule has 74 valence electrons. The van der Waals surface area contributed by atoms with E-state index in [0.29, 0.717) is 5.78 Å². The molecule has 1 aromatic rings. The first-order chi connectivity index (χ1) is 6.68. The number of hydrogen-bond donors (Lipinski definition) is 0. The monoisotopic (exact) mass is 252 g/mol. The normalized spacial score (nSPS) is 21.6. The molecule has 1 nitrogen and oxygen atoms in total. The van der Waals surface area contributed by atoms with Crippen LogP contribution in [0.3, 0.4) is 0 Å². The molecule has 0 aromatic heterocycles. The van der Waals surface area contributed by atoms with Crippen LogP contribution < -0.4 is 0 Å². The number of aryl methyl sites for hydroxylation is 1. The van der Waals surface area contributed by atoms with Crippen LogP contribution in [0.25, 0.3) is 0 Å². The van der Waals surface area contributed by atoms with Crippen molar-refractivity contribution in [1.29, 1.82) is 0 Å². The summed E-state index contributed by atoms with van der Waals surface area (Å²) in [6, 6.07) is 6.22. The molecule has 1 unspecified atom stereocenters. The molecule has 0 spiro atoms. The summed E-state index contributed by atoms with van der Waals surface area (Å²) in [5, 5.41) is 0. The van der Waals surface area contributed by atoms with E-state index in [1.54, 1.807) is 0 Å². The Morgan fingerprint density at radius 2 is 2.21 bits per heavy atom. The van der Waals surface area contributed by atoms with Crippen LogP contribution in [0.1, 0.15) is 36.3 Å². The van der Waals surface area contributed by atoms with Crippen molar-refractivity contribution >= 4 is 21.7 Å². The van der Waals surface area contributed by atoms with Gasteiger partial charge in [0, 0.05) is 16.8 Å². The third kappa shape index (κ3) is 1.76. The molecule has 2 rings (SSSR count). The SMILES string of the molecule is Cc1cc(C2CCCC2=O)ccc1Br. The van der Waals surface area contributed by atoms with Gasteiger partial charge >= 0.3 is 0 Å². The highest BCUT2D eigenvalue weighted by Crippen LogP contribution is 2.32. The van der Waals surface area contributed by atoms with Crippen molar-refractivity contribution in [3.05, 3.63) is 33.8 Å². The average Bonchev–Trinajstić information content (AvgIpc) is 2.57. The zero-order valence-electron chi connectivity index (χ0n) is 8.22. The van der Waals surface area contributed by atoms with Crippen molar-refractivity contribution in [2.45, 2.75) is 32.1 Å². The van der Waals surface area contributed by atoms with Gasteiger partial charge in [0.1, 0.15) is 5.78 Å². The van der Waals surface area contributed by atoms with Crippen molar-refractivity contribution in [3.63, 3.8) is 0 Å². The molecule has 0 heterocycles. The Hall–Kier alpha value is -0.630. The number of carbonyl (C=O) groups is 1. The molecule has 1 aliphatic rings. The standard InChI is InChI=1S/C12H13BrO/c1-8-7-9(5-6-11(8)13)10-3-2-4-12(10)14/h5-7,10H,2-4H2,1H3. The first kappa shape index (κ1) is 9.91. The van der Waals surface area contributed by atoms with Crippen LogP contribution in [-0.4, -0.2) is 5.78 Å². The smallest absolute Gasteiger partial charge is 0.140 e. The van der Waals surface area contributed by atoms with Crippen LogP contribution in [0.4, 0.5) is 0 Å². The van der Waals surface area contributed by atoms with Crippen LogP contribution in [0, 0.1) is 6.92 Å². The van der Waals surface area contributed by atoms with E-state index >= 15 is 0 Å². The van der Waals surface area contributed by atoms with Crippen LogP contribution in [0.15, 0.2) is 22.7 Å². The van der Waals surface area contributed by atoms with Gasteiger partial charge in [-0.2, -0.15) is 0 Å². The van der Waals surface area contributed by atoms with Crippen LogP contribution in [0.2, 0.25) is 0 Å². The molecule has 0 saturated heterocycles. The Bertz CT molecular complexity index is 371. The Balaban J connectivity index is 2.32. The molecule has 0 radical (unpaired) electrons. The second kappa shape index (κ2) is 3.85. The predicted octanol–water partition coefficient (Wildman–Crippen LogP) is 3.59. The summed E-state index contributed by atoms with van der Waals surface area (Å²) >= 11 is 3.47. The fourth-order valence-electron chi connectivity index (χ4n) is 2.05. The minimum absolute atomic E-state index is 0.168. The van der Waals surface area contributed by atoms with Gasteiger partial charge in [-0.15, -0.1) is 0 Å². The maximum Gasteiger partial charge on any atom is 0.140 e. The van der Waals surface area contributed by atoms with Gasteiger partial charge in [0.15, 0.2) is 0 Å². The molecule has 0 N–H and O–H groups in total. The lowest BCUT2D eigenvalue weighted by atomic mass is 9.95. The molecule has 14 heavy (non-hydrogen) atoms. The van der Waals surface area contributed by atoms with Gasteiger partial charge in [0.05, 0.1) is 0 Å². The second-order valence-corrected chi connectivity index (χ2v) is 4.77. The first-order valence-electron chi connectivity index (χ1n) is 4.97. The molecule has 0 bridgehead atoms. The fourth-order valence-corrected chi connectivity index (χ4v) is 2.30. The predicted molar refractivity (Wildman–Crippen MR) is 60.5 cm³/mol. The van der Waals surface area contributed by atoms with Gasteiger partial charge < -0.3 is 0 Å². The Morgan fingerprint density at radius 1 is 1.43 bits per heavy atom. The molecule has 0 amide bonds. The fraction of sp³-hybridized carbons (Fsp3) is 0.417. The highest BCUT2D eigenvalue weighted by molar-refractivity contribution is 9.10. The second-order valence-electron chi connectivity index (χ2n) is 3.92. The lowest BCUT2D eigenvalue weighted by Gasteiger charge is -2.09. The number of rotatable bonds is 1. The van der Waals surface area contributed by atoms with Crippen molar-refractivity contribution < 1.29 is 4.79 Å². The molecular weight excluding hydrogens is 240 g/mol. The number of benzene rings is 1. The largest absolute Gasteiger partial charge is 0.299 e. The lowest BCUT2D eigenvalue weighted by molar-refractivity contribution is -0.118. The van der Waals surface area contributed by atoms with Crippen molar-refractivity contribution in [2.24, 2.45) is 0 Å². The topological polar surface area (TPSA) is 17.1 Å². The quantitative estimate of drug-likeness (QED) is 0.747. The van der Waals surface area contributed by atoms with E-state index in [2.05, 4.69) is 35.0 Å². The van der Waals surface area contributed by atoms with E-state index < -0.39 is 0 Å². The van der Waals surface area contributed by atoms with E-state index in [-0.39, 0.29) is 5.92 Å².